The molecule has 204 valence electrons. The van der Waals surface area contributed by atoms with E-state index in [1.165, 1.54) is 0 Å². The highest BCUT2D eigenvalue weighted by molar-refractivity contribution is 5.26. The number of nitriles is 1. The molecule has 4 aliphatic carbocycles. The molecule has 1 saturated heterocycles. The summed E-state index contributed by atoms with van der Waals surface area (Å²) in [5.74, 6) is -0.504. The number of methoxy groups -OCH3 is 2. The van der Waals surface area contributed by atoms with Gasteiger partial charge in [0.1, 0.15) is 13.6 Å². The molecule has 1 heterocycles. The van der Waals surface area contributed by atoms with Crippen LogP contribution in [0.4, 0.5) is 0 Å². The highest BCUT2D eigenvalue weighted by atomic mass is 16.7. The molecule has 0 aromatic heterocycles. The second kappa shape index (κ2) is 9.15. The number of nitrogens with zero attached hydrogens (tertiary/aromatic N) is 1. The lowest BCUT2D eigenvalue weighted by molar-refractivity contribution is -0.405. The average molecular weight is 508 g/mol. The Balaban J connectivity index is 1.67. The first-order chi connectivity index (χ1) is 17.0. The number of rotatable bonds is 6. The van der Waals surface area contributed by atoms with Crippen molar-refractivity contribution in [2.45, 2.75) is 102 Å². The van der Waals surface area contributed by atoms with Crippen molar-refractivity contribution in [3.05, 3.63) is 0 Å². The summed E-state index contributed by atoms with van der Waals surface area (Å²) in [5.41, 5.74) is -2.51. The van der Waals surface area contributed by atoms with Crippen LogP contribution in [0.3, 0.4) is 0 Å². The van der Waals surface area contributed by atoms with Crippen LogP contribution in [0.5, 0.6) is 0 Å². The Kier molecular flexibility index (Phi) is 6.81. The summed E-state index contributed by atoms with van der Waals surface area (Å²) >= 11 is 0. The maximum absolute atomic E-state index is 12.5. The molecule has 5 fully saturated rings. The lowest BCUT2D eigenvalue weighted by Gasteiger charge is -2.71. The molecule has 0 bridgehead atoms. The Bertz CT molecular complexity index is 876. The van der Waals surface area contributed by atoms with Crippen molar-refractivity contribution >= 4 is 0 Å². The molecule has 8 nitrogen and oxygen atoms in total. The van der Waals surface area contributed by atoms with Crippen molar-refractivity contribution in [2.24, 2.45) is 34.5 Å². The van der Waals surface area contributed by atoms with Gasteiger partial charge in [-0.25, -0.2) is 0 Å². The second-order valence-electron chi connectivity index (χ2n) is 13.0. The van der Waals surface area contributed by atoms with Crippen LogP contribution >= 0.6 is 0 Å². The molecule has 1 spiro atoms. The van der Waals surface area contributed by atoms with Crippen LogP contribution < -0.4 is 0 Å². The Morgan fingerprint density at radius 2 is 1.81 bits per heavy atom. The quantitative estimate of drug-likeness (QED) is 0.539. The Hall–Kier alpha value is -0.790. The fraction of sp³-hybridized carbons (Fsp3) is 0.964. The summed E-state index contributed by atoms with van der Waals surface area (Å²) in [6, 6.07) is 2.61. The third kappa shape index (κ3) is 3.57. The zero-order valence-electron chi connectivity index (χ0n) is 22.9. The van der Waals surface area contributed by atoms with Crippen molar-refractivity contribution in [3.63, 3.8) is 0 Å². The normalized spacial score (nSPS) is 51.4. The highest BCUT2D eigenvalue weighted by Crippen LogP contribution is 2.72. The summed E-state index contributed by atoms with van der Waals surface area (Å²) in [6.07, 6.45) is 4.92. The second-order valence-corrected chi connectivity index (χ2v) is 13.0. The van der Waals surface area contributed by atoms with E-state index in [1.54, 1.807) is 14.2 Å². The van der Waals surface area contributed by atoms with Gasteiger partial charge in [0.25, 0.3) is 0 Å². The number of aliphatic hydroxyl groups is 1. The zero-order chi connectivity index (χ0) is 26.0. The van der Waals surface area contributed by atoms with Crippen molar-refractivity contribution in [1.82, 2.24) is 0 Å². The van der Waals surface area contributed by atoms with Gasteiger partial charge in [0.15, 0.2) is 5.79 Å². The Morgan fingerprint density at radius 1 is 1.06 bits per heavy atom. The summed E-state index contributed by atoms with van der Waals surface area (Å²) in [6.45, 7) is 9.11. The maximum atomic E-state index is 12.5. The number of hydrogen-bond donors (Lipinski definition) is 1. The zero-order valence-corrected chi connectivity index (χ0v) is 22.9. The minimum absolute atomic E-state index is 0.0659. The number of ether oxygens (including phenoxy) is 6. The van der Waals surface area contributed by atoms with E-state index in [1.807, 2.05) is 13.8 Å². The van der Waals surface area contributed by atoms with Gasteiger partial charge in [0.2, 0.25) is 0 Å². The third-order valence-corrected chi connectivity index (χ3v) is 10.9. The predicted molar refractivity (Wildman–Crippen MR) is 130 cm³/mol. The van der Waals surface area contributed by atoms with E-state index in [4.69, 9.17) is 28.4 Å². The minimum Gasteiger partial charge on any atom is -0.389 e. The number of hydrogen-bond acceptors (Lipinski definition) is 8. The third-order valence-electron chi connectivity index (χ3n) is 10.9. The topological polar surface area (TPSA) is 99.4 Å². The minimum atomic E-state index is -0.925. The average Bonchev–Trinajstić information content (AvgIpc) is 3.10. The SMILES string of the molecule is COCOC1C[C@]2(C)[C@@H](C#N)CC[C@]2(OCOC)C2CC[C@]3(O)C[C@@H](C)C[C@H]4OC(C)(C)OC[C@]43C12. The van der Waals surface area contributed by atoms with Crippen molar-refractivity contribution in [1.29, 1.82) is 5.26 Å². The van der Waals surface area contributed by atoms with Gasteiger partial charge < -0.3 is 33.5 Å². The molecular formula is C28H45NO7. The fourth-order valence-corrected chi connectivity index (χ4v) is 9.54. The smallest absolute Gasteiger partial charge is 0.163 e. The van der Waals surface area contributed by atoms with Crippen LogP contribution in [-0.2, 0) is 28.4 Å². The van der Waals surface area contributed by atoms with Crippen LogP contribution in [0.25, 0.3) is 0 Å². The van der Waals surface area contributed by atoms with Gasteiger partial charge in [0.05, 0.1) is 47.4 Å². The molecule has 4 saturated carbocycles. The molecule has 1 aliphatic heterocycles. The summed E-state index contributed by atoms with van der Waals surface area (Å²) in [4.78, 5) is 0. The summed E-state index contributed by atoms with van der Waals surface area (Å²) in [5, 5.41) is 22.7. The molecule has 36 heavy (non-hydrogen) atoms. The first-order valence-electron chi connectivity index (χ1n) is 13.7. The largest absolute Gasteiger partial charge is 0.389 e. The molecular weight excluding hydrogens is 462 g/mol. The molecule has 0 aromatic rings. The molecule has 0 aromatic carbocycles. The maximum Gasteiger partial charge on any atom is 0.163 e. The van der Waals surface area contributed by atoms with E-state index in [9.17, 15) is 10.4 Å². The van der Waals surface area contributed by atoms with Crippen molar-refractivity contribution in [2.75, 3.05) is 34.4 Å². The molecule has 5 rings (SSSR count). The molecule has 0 amide bonds. The monoisotopic (exact) mass is 507 g/mol. The first kappa shape index (κ1) is 26.8. The van der Waals surface area contributed by atoms with E-state index in [2.05, 4.69) is 19.9 Å². The van der Waals surface area contributed by atoms with Crippen molar-refractivity contribution in [3.8, 4) is 6.07 Å². The van der Waals surface area contributed by atoms with Crippen LogP contribution in [0.2, 0.25) is 0 Å². The first-order valence-corrected chi connectivity index (χ1v) is 13.7. The Morgan fingerprint density at radius 3 is 2.50 bits per heavy atom. The van der Waals surface area contributed by atoms with Gasteiger partial charge in [-0.3, -0.25) is 0 Å². The molecule has 8 heteroatoms. The van der Waals surface area contributed by atoms with E-state index >= 15 is 0 Å². The lowest BCUT2D eigenvalue weighted by atomic mass is 9.39. The molecule has 10 atom stereocenters. The van der Waals surface area contributed by atoms with Crippen molar-refractivity contribution < 1.29 is 33.5 Å². The molecule has 0 radical (unpaired) electrons. The van der Waals surface area contributed by atoms with Gasteiger partial charge in [0, 0.05) is 25.6 Å². The van der Waals surface area contributed by atoms with Gasteiger partial charge in [-0.1, -0.05) is 13.8 Å². The van der Waals surface area contributed by atoms with Gasteiger partial charge in [-0.2, -0.15) is 5.26 Å². The molecule has 5 aliphatic rings. The van der Waals surface area contributed by atoms with E-state index in [0.29, 0.717) is 25.4 Å². The Labute approximate surface area is 215 Å². The summed E-state index contributed by atoms with van der Waals surface area (Å²) < 4.78 is 37.2. The summed E-state index contributed by atoms with van der Waals surface area (Å²) in [7, 11) is 3.29. The van der Waals surface area contributed by atoms with Crippen LogP contribution in [0, 0.1) is 45.8 Å². The lowest BCUT2D eigenvalue weighted by Crippen LogP contribution is -2.78. The highest BCUT2D eigenvalue weighted by Gasteiger charge is 2.77. The standard InChI is InChI=1S/C28H45NO7/c1-18-11-22-27(15-34-24(2,3)36-22)23-20(8-9-26(27,30)12-18)28(35-17-32-6)10-7-19(14-29)25(28,4)13-21(23)33-16-31-5/h18-23,30H,7-13,15-17H2,1-6H3/t18-,19+,20?,21?,22+,23?,25+,26-,27+,28-/m0/s1. The van der Waals surface area contributed by atoms with E-state index < -0.39 is 27.8 Å². The predicted octanol–water partition coefficient (Wildman–Crippen LogP) is 4.00. The number of fused-ring (bicyclic) bond motifs is 3. The fourth-order valence-electron chi connectivity index (χ4n) is 9.54. The van der Waals surface area contributed by atoms with Gasteiger partial charge in [-0.05, 0) is 70.6 Å². The molecule has 3 unspecified atom stereocenters. The van der Waals surface area contributed by atoms with Gasteiger partial charge in [-0.15, -0.1) is 0 Å². The van der Waals surface area contributed by atoms with Gasteiger partial charge >= 0.3 is 0 Å². The van der Waals surface area contributed by atoms with Crippen LogP contribution in [0.1, 0.15) is 72.6 Å². The molecule has 1 N–H and O–H groups in total. The van der Waals surface area contributed by atoms with E-state index in [0.717, 1.165) is 32.1 Å². The van der Waals surface area contributed by atoms with Crippen LogP contribution in [0.15, 0.2) is 0 Å². The van der Waals surface area contributed by atoms with Crippen LogP contribution in [-0.4, -0.2) is 68.7 Å². The van der Waals surface area contributed by atoms with E-state index in [-0.39, 0.29) is 43.5 Å².